The van der Waals surface area contributed by atoms with Gasteiger partial charge >= 0.3 is 0 Å². The molecule has 0 saturated heterocycles. The zero-order valence-electron chi connectivity index (χ0n) is 15.7. The average molecular weight is 545 g/mol. The summed E-state index contributed by atoms with van der Waals surface area (Å²) in [4.78, 5) is 24.4. The molecule has 0 bridgehead atoms. The van der Waals surface area contributed by atoms with Gasteiger partial charge in [0.15, 0.2) is 11.7 Å². The van der Waals surface area contributed by atoms with Gasteiger partial charge in [0.1, 0.15) is 11.5 Å². The molecule has 10 heteroatoms. The minimum Gasteiger partial charge on any atom is -0.493 e. The normalized spacial score (nSPS) is 10.1. The lowest BCUT2D eigenvalue weighted by Crippen LogP contribution is -2.49. The van der Waals surface area contributed by atoms with Gasteiger partial charge in [-0.15, -0.1) is 0 Å². The van der Waals surface area contributed by atoms with E-state index in [1.54, 1.807) is 24.3 Å². The number of ether oxygens (including phenoxy) is 2. The number of amides is 2. The Kier molecular flexibility index (Phi) is 8.87. The van der Waals surface area contributed by atoms with E-state index in [9.17, 15) is 9.59 Å². The van der Waals surface area contributed by atoms with Gasteiger partial charge in [-0.1, -0.05) is 31.9 Å². The highest BCUT2D eigenvalue weighted by Gasteiger charge is 2.15. The molecule has 2 aromatic carbocycles. The van der Waals surface area contributed by atoms with Crippen LogP contribution in [0.25, 0.3) is 0 Å². The van der Waals surface area contributed by atoms with Gasteiger partial charge < -0.3 is 9.47 Å². The maximum atomic E-state index is 12.4. The highest BCUT2D eigenvalue weighted by molar-refractivity contribution is 9.10. The summed E-state index contributed by atoms with van der Waals surface area (Å²) < 4.78 is 12.6. The molecule has 0 atom stereocenters. The number of carbonyl (C=O) groups excluding carboxylic acids is 2. The summed E-state index contributed by atoms with van der Waals surface area (Å²) in [7, 11) is 0. The first-order valence-electron chi connectivity index (χ1n) is 8.51. The molecule has 0 aliphatic carbocycles. The van der Waals surface area contributed by atoms with E-state index in [0.717, 1.165) is 14.5 Å². The number of hydrogen-bond acceptors (Lipinski definition) is 5. The van der Waals surface area contributed by atoms with Gasteiger partial charge in [0.05, 0.1) is 12.2 Å². The van der Waals surface area contributed by atoms with E-state index < -0.39 is 11.8 Å². The average Bonchev–Trinajstić information content (AvgIpc) is 2.67. The van der Waals surface area contributed by atoms with Gasteiger partial charge in [0.25, 0.3) is 11.8 Å². The lowest BCUT2D eigenvalue weighted by atomic mass is 10.2. The topological polar surface area (TPSA) is 88.7 Å². The Morgan fingerprint density at radius 1 is 1.00 bits per heavy atom. The second-order valence-corrected chi connectivity index (χ2v) is 7.97. The summed E-state index contributed by atoms with van der Waals surface area (Å²) in [6.07, 6.45) is 0. The van der Waals surface area contributed by atoms with Crippen LogP contribution in [0.4, 0.5) is 0 Å². The predicted molar refractivity (Wildman–Crippen MR) is 121 cm³/mol. The third-order valence-electron chi connectivity index (χ3n) is 3.52. The molecule has 0 fully saturated rings. The molecule has 0 heterocycles. The second kappa shape index (κ2) is 11.1. The molecule has 154 valence electrons. The fraction of sp³-hybridized carbons (Fsp3) is 0.211. The molecule has 0 radical (unpaired) electrons. The molecular weight excluding hydrogens is 526 g/mol. The maximum Gasteiger partial charge on any atom is 0.276 e. The van der Waals surface area contributed by atoms with Crippen molar-refractivity contribution in [3.8, 4) is 11.5 Å². The van der Waals surface area contributed by atoms with Gasteiger partial charge in [-0.25, -0.2) is 0 Å². The third-order valence-corrected chi connectivity index (χ3v) is 4.71. The number of thiocarbonyl (C=S) groups is 1. The van der Waals surface area contributed by atoms with Crippen molar-refractivity contribution < 1.29 is 19.1 Å². The zero-order valence-corrected chi connectivity index (χ0v) is 19.7. The fourth-order valence-corrected chi connectivity index (χ4v) is 3.22. The van der Waals surface area contributed by atoms with Gasteiger partial charge in [-0.2, -0.15) is 0 Å². The third kappa shape index (κ3) is 7.30. The van der Waals surface area contributed by atoms with Crippen LogP contribution in [0.1, 0.15) is 22.8 Å². The number of aryl methyl sites for hydroxylation is 1. The quantitative estimate of drug-likeness (QED) is 0.380. The second-order valence-electron chi connectivity index (χ2n) is 5.73. The van der Waals surface area contributed by atoms with Crippen LogP contribution >= 0.6 is 44.1 Å². The monoisotopic (exact) mass is 543 g/mol. The van der Waals surface area contributed by atoms with Crippen molar-refractivity contribution in [2.24, 2.45) is 0 Å². The van der Waals surface area contributed by atoms with Crippen LogP contribution < -0.4 is 25.6 Å². The molecule has 2 amide bonds. The Hall–Kier alpha value is -2.17. The summed E-state index contributed by atoms with van der Waals surface area (Å²) >= 11 is 11.7. The van der Waals surface area contributed by atoms with Crippen LogP contribution in [0, 0.1) is 6.92 Å². The molecule has 3 N–H and O–H groups in total. The number of hydrogen-bond donors (Lipinski definition) is 3. The van der Waals surface area contributed by atoms with Crippen molar-refractivity contribution in [3.05, 3.63) is 56.5 Å². The summed E-state index contributed by atoms with van der Waals surface area (Å²) in [5, 5.41) is 2.42. The van der Waals surface area contributed by atoms with Crippen LogP contribution in [0.15, 0.2) is 45.3 Å². The SMILES string of the molecule is CCOc1ccc(Br)cc1C(=O)NC(=S)NNC(=O)COc1ccc(Br)cc1C. The predicted octanol–water partition coefficient (Wildman–Crippen LogP) is 3.63. The van der Waals surface area contributed by atoms with Gasteiger partial charge in [-0.05, 0) is 68.0 Å². The number of rotatable bonds is 6. The van der Waals surface area contributed by atoms with Crippen LogP contribution in [-0.4, -0.2) is 30.1 Å². The molecule has 0 aromatic heterocycles. The molecule has 0 aliphatic rings. The number of benzene rings is 2. The van der Waals surface area contributed by atoms with Gasteiger partial charge in [0, 0.05) is 8.95 Å². The van der Waals surface area contributed by atoms with Crippen molar-refractivity contribution in [1.29, 1.82) is 0 Å². The highest BCUT2D eigenvalue weighted by Crippen LogP contribution is 2.23. The van der Waals surface area contributed by atoms with Crippen LogP contribution in [0.3, 0.4) is 0 Å². The first kappa shape index (κ1) is 23.1. The highest BCUT2D eigenvalue weighted by atomic mass is 79.9. The minimum absolute atomic E-state index is 0.0643. The Labute approximate surface area is 190 Å². The molecular formula is C19H19Br2N3O4S. The molecule has 2 aromatic rings. The molecule has 7 nitrogen and oxygen atoms in total. The molecule has 0 spiro atoms. The minimum atomic E-state index is -0.469. The lowest BCUT2D eigenvalue weighted by molar-refractivity contribution is -0.123. The van der Waals surface area contributed by atoms with Crippen molar-refractivity contribution >= 4 is 61.0 Å². The van der Waals surface area contributed by atoms with Crippen LogP contribution in [0.2, 0.25) is 0 Å². The van der Waals surface area contributed by atoms with E-state index >= 15 is 0 Å². The van der Waals surface area contributed by atoms with Crippen LogP contribution in [0.5, 0.6) is 11.5 Å². The van der Waals surface area contributed by atoms with E-state index in [2.05, 4.69) is 48.0 Å². The Balaban J connectivity index is 1.84. The summed E-state index contributed by atoms with van der Waals surface area (Å²) in [5.41, 5.74) is 6.04. The Bertz CT molecular complexity index is 924. The molecule has 29 heavy (non-hydrogen) atoms. The zero-order chi connectivity index (χ0) is 21.4. The van der Waals surface area contributed by atoms with Crippen LogP contribution in [-0.2, 0) is 4.79 Å². The van der Waals surface area contributed by atoms with Crippen molar-refractivity contribution in [1.82, 2.24) is 16.2 Å². The summed E-state index contributed by atoms with van der Waals surface area (Å²) in [5.74, 6) is 0.0975. The smallest absolute Gasteiger partial charge is 0.276 e. The number of carbonyl (C=O) groups is 2. The number of halogens is 2. The van der Waals surface area contributed by atoms with Crippen molar-refractivity contribution in [2.75, 3.05) is 13.2 Å². The first-order chi connectivity index (χ1) is 13.8. The maximum absolute atomic E-state index is 12.4. The molecule has 0 saturated carbocycles. The fourth-order valence-electron chi connectivity index (χ4n) is 2.24. The van der Waals surface area contributed by atoms with Crippen molar-refractivity contribution in [3.63, 3.8) is 0 Å². The Morgan fingerprint density at radius 3 is 2.31 bits per heavy atom. The van der Waals surface area contributed by atoms with E-state index in [1.807, 2.05) is 26.0 Å². The number of nitrogens with one attached hydrogen (secondary N) is 3. The summed E-state index contributed by atoms with van der Waals surface area (Å²) in [6.45, 7) is 3.90. The van der Waals surface area contributed by atoms with E-state index in [-0.39, 0.29) is 11.7 Å². The van der Waals surface area contributed by atoms with Crippen molar-refractivity contribution in [2.45, 2.75) is 13.8 Å². The molecule has 0 unspecified atom stereocenters. The lowest BCUT2D eigenvalue weighted by Gasteiger charge is -2.14. The van der Waals surface area contributed by atoms with Gasteiger partial charge in [-0.3, -0.25) is 25.8 Å². The van der Waals surface area contributed by atoms with E-state index in [0.29, 0.717) is 23.7 Å². The summed E-state index contributed by atoms with van der Waals surface area (Å²) in [6, 6.07) is 10.5. The van der Waals surface area contributed by atoms with E-state index in [1.165, 1.54) is 0 Å². The number of hydrazine groups is 1. The van der Waals surface area contributed by atoms with Gasteiger partial charge in [0.2, 0.25) is 0 Å². The van der Waals surface area contributed by atoms with E-state index in [4.69, 9.17) is 21.7 Å². The largest absolute Gasteiger partial charge is 0.493 e. The Morgan fingerprint density at radius 2 is 1.66 bits per heavy atom. The standard InChI is InChI=1S/C19H19Br2N3O4S/c1-3-27-16-7-5-13(21)9-14(16)18(26)22-19(29)24-23-17(25)10-28-15-6-4-12(20)8-11(15)2/h4-9H,3,10H2,1-2H3,(H,23,25)(H2,22,24,26,29). The first-order valence-corrected chi connectivity index (χ1v) is 10.5. The molecule has 2 rings (SSSR count). The molecule has 0 aliphatic heterocycles.